The van der Waals surface area contributed by atoms with Crippen LogP contribution in [0.4, 0.5) is 0 Å². The average molecular weight is 419 g/mol. The third-order valence-corrected chi connectivity index (χ3v) is 6.14. The standard InChI is InChI=1S/C24H26N4OS/c1-16-14-18(3)27(25-16)24(28-19(4)15-17(2)26-28)22-8-6-7-9-23(22)30-21-12-10-20(29-5)11-13-21/h6-15,24H,1-5H3. The second-order valence-electron chi connectivity index (χ2n) is 7.43. The van der Waals surface area contributed by atoms with Crippen molar-refractivity contribution >= 4 is 11.8 Å². The van der Waals surface area contributed by atoms with E-state index in [1.807, 2.05) is 26.0 Å². The summed E-state index contributed by atoms with van der Waals surface area (Å²) >= 11 is 1.74. The smallest absolute Gasteiger partial charge is 0.170 e. The lowest BCUT2D eigenvalue weighted by atomic mass is 10.1. The zero-order chi connectivity index (χ0) is 21.3. The van der Waals surface area contributed by atoms with Crippen molar-refractivity contribution in [1.82, 2.24) is 19.6 Å². The first-order valence-electron chi connectivity index (χ1n) is 9.92. The van der Waals surface area contributed by atoms with E-state index >= 15 is 0 Å². The van der Waals surface area contributed by atoms with E-state index in [1.165, 1.54) is 4.90 Å². The number of hydrogen-bond acceptors (Lipinski definition) is 4. The van der Waals surface area contributed by atoms with Gasteiger partial charge in [0.1, 0.15) is 5.75 Å². The van der Waals surface area contributed by atoms with Crippen LogP contribution in [0.1, 0.15) is 34.5 Å². The van der Waals surface area contributed by atoms with Crippen molar-refractivity contribution in [3.8, 4) is 5.75 Å². The Bertz CT molecular complexity index is 1110. The Morgan fingerprint density at radius 1 is 0.800 bits per heavy atom. The fraction of sp³-hybridized carbons (Fsp3) is 0.250. The van der Waals surface area contributed by atoms with Gasteiger partial charge in [-0.15, -0.1) is 0 Å². The Hall–Kier alpha value is -2.99. The molecule has 0 aliphatic carbocycles. The summed E-state index contributed by atoms with van der Waals surface area (Å²) in [5.74, 6) is 0.857. The first-order chi connectivity index (χ1) is 14.5. The fourth-order valence-electron chi connectivity index (χ4n) is 3.71. The summed E-state index contributed by atoms with van der Waals surface area (Å²) in [6.45, 7) is 8.25. The third kappa shape index (κ3) is 4.00. The van der Waals surface area contributed by atoms with Crippen LogP contribution in [-0.4, -0.2) is 26.7 Å². The summed E-state index contributed by atoms with van der Waals surface area (Å²) < 4.78 is 9.44. The molecule has 0 bridgehead atoms. The monoisotopic (exact) mass is 418 g/mol. The van der Waals surface area contributed by atoms with Crippen LogP contribution in [0.15, 0.2) is 70.5 Å². The van der Waals surface area contributed by atoms with Crippen molar-refractivity contribution in [2.24, 2.45) is 0 Å². The lowest BCUT2D eigenvalue weighted by Gasteiger charge is -2.24. The second-order valence-corrected chi connectivity index (χ2v) is 8.55. The van der Waals surface area contributed by atoms with Crippen LogP contribution in [0.2, 0.25) is 0 Å². The van der Waals surface area contributed by atoms with E-state index in [4.69, 9.17) is 14.9 Å². The van der Waals surface area contributed by atoms with Crippen LogP contribution < -0.4 is 4.74 Å². The maximum Gasteiger partial charge on any atom is 0.170 e. The van der Waals surface area contributed by atoms with Gasteiger partial charge in [-0.1, -0.05) is 30.0 Å². The lowest BCUT2D eigenvalue weighted by molar-refractivity contribution is 0.396. The molecule has 4 aromatic rings. The molecule has 0 spiro atoms. The molecule has 5 nitrogen and oxygen atoms in total. The van der Waals surface area contributed by atoms with Gasteiger partial charge in [0.15, 0.2) is 6.17 Å². The molecule has 0 aliphatic heterocycles. The van der Waals surface area contributed by atoms with E-state index in [0.29, 0.717) is 0 Å². The summed E-state index contributed by atoms with van der Waals surface area (Å²) in [7, 11) is 1.69. The molecule has 0 fully saturated rings. The van der Waals surface area contributed by atoms with Gasteiger partial charge in [-0.05, 0) is 70.2 Å². The molecule has 0 unspecified atom stereocenters. The maximum absolute atomic E-state index is 5.30. The summed E-state index contributed by atoms with van der Waals surface area (Å²) in [6, 6.07) is 20.9. The molecule has 0 aliphatic rings. The summed E-state index contributed by atoms with van der Waals surface area (Å²) in [5, 5.41) is 9.63. The molecule has 154 valence electrons. The number of nitrogens with zero attached hydrogens (tertiary/aromatic N) is 4. The molecule has 0 saturated heterocycles. The Kier molecular flexibility index (Phi) is 5.68. The topological polar surface area (TPSA) is 44.9 Å². The van der Waals surface area contributed by atoms with Gasteiger partial charge in [0.05, 0.1) is 18.5 Å². The fourth-order valence-corrected chi connectivity index (χ4v) is 4.68. The summed E-state index contributed by atoms with van der Waals surface area (Å²) in [5.41, 5.74) is 5.37. The number of ether oxygens (including phenoxy) is 1. The van der Waals surface area contributed by atoms with Crippen LogP contribution in [0, 0.1) is 27.7 Å². The van der Waals surface area contributed by atoms with Crippen molar-refractivity contribution in [2.75, 3.05) is 7.11 Å². The highest BCUT2D eigenvalue weighted by molar-refractivity contribution is 7.99. The lowest BCUT2D eigenvalue weighted by Crippen LogP contribution is -2.24. The van der Waals surface area contributed by atoms with Crippen LogP contribution >= 0.6 is 11.8 Å². The molecular formula is C24H26N4OS. The van der Waals surface area contributed by atoms with E-state index in [-0.39, 0.29) is 6.17 Å². The zero-order valence-corrected chi connectivity index (χ0v) is 18.8. The normalized spacial score (nSPS) is 11.3. The van der Waals surface area contributed by atoms with Gasteiger partial charge in [-0.25, -0.2) is 9.36 Å². The van der Waals surface area contributed by atoms with Crippen molar-refractivity contribution in [3.05, 3.63) is 89.0 Å². The van der Waals surface area contributed by atoms with E-state index in [0.717, 1.165) is 39.0 Å². The van der Waals surface area contributed by atoms with Crippen LogP contribution in [0.25, 0.3) is 0 Å². The van der Waals surface area contributed by atoms with Gasteiger partial charge in [0, 0.05) is 26.7 Å². The second kappa shape index (κ2) is 8.40. The molecule has 2 aromatic carbocycles. The SMILES string of the molecule is COc1ccc(Sc2ccccc2C(n2nc(C)cc2C)n2nc(C)cc2C)cc1. The van der Waals surface area contributed by atoms with Gasteiger partial charge in [0.2, 0.25) is 0 Å². The highest BCUT2D eigenvalue weighted by atomic mass is 32.2. The molecular weight excluding hydrogens is 392 g/mol. The van der Waals surface area contributed by atoms with E-state index in [2.05, 4.69) is 71.7 Å². The van der Waals surface area contributed by atoms with Crippen LogP contribution in [0.3, 0.4) is 0 Å². The molecule has 4 rings (SSSR count). The first-order valence-corrected chi connectivity index (χ1v) is 10.7. The van der Waals surface area contributed by atoms with Crippen molar-refractivity contribution in [1.29, 1.82) is 0 Å². The molecule has 0 N–H and O–H groups in total. The van der Waals surface area contributed by atoms with Gasteiger partial charge < -0.3 is 4.74 Å². The zero-order valence-electron chi connectivity index (χ0n) is 18.0. The van der Waals surface area contributed by atoms with E-state index in [1.54, 1.807) is 18.9 Å². The predicted molar refractivity (Wildman–Crippen MR) is 120 cm³/mol. The van der Waals surface area contributed by atoms with Crippen LogP contribution in [0.5, 0.6) is 5.75 Å². The molecule has 2 heterocycles. The average Bonchev–Trinajstić information content (AvgIpc) is 3.24. The Morgan fingerprint density at radius 2 is 1.37 bits per heavy atom. The van der Waals surface area contributed by atoms with Gasteiger partial charge in [0.25, 0.3) is 0 Å². The minimum atomic E-state index is -0.158. The minimum Gasteiger partial charge on any atom is -0.497 e. The summed E-state index contributed by atoms with van der Waals surface area (Å²) in [6.07, 6.45) is -0.158. The van der Waals surface area contributed by atoms with Gasteiger partial charge in [-0.2, -0.15) is 10.2 Å². The molecule has 6 heteroatoms. The maximum atomic E-state index is 5.30. The van der Waals surface area contributed by atoms with Gasteiger partial charge >= 0.3 is 0 Å². The van der Waals surface area contributed by atoms with Crippen molar-refractivity contribution in [2.45, 2.75) is 43.7 Å². The minimum absolute atomic E-state index is 0.158. The highest BCUT2D eigenvalue weighted by Gasteiger charge is 2.24. The highest BCUT2D eigenvalue weighted by Crippen LogP contribution is 2.36. The number of aromatic nitrogens is 4. The number of rotatable bonds is 6. The summed E-state index contributed by atoms with van der Waals surface area (Å²) in [4.78, 5) is 2.33. The Morgan fingerprint density at radius 3 is 1.87 bits per heavy atom. The third-order valence-electron chi connectivity index (χ3n) is 5.04. The molecule has 0 amide bonds. The first kappa shape index (κ1) is 20.3. The molecule has 30 heavy (non-hydrogen) atoms. The van der Waals surface area contributed by atoms with Crippen molar-refractivity contribution < 1.29 is 4.74 Å². The largest absolute Gasteiger partial charge is 0.497 e. The molecule has 0 saturated carbocycles. The molecule has 0 radical (unpaired) electrons. The molecule has 0 atom stereocenters. The molecule has 2 aromatic heterocycles. The number of methoxy groups -OCH3 is 1. The Balaban J connectivity index is 1.83. The Labute approximate surface area is 181 Å². The van der Waals surface area contributed by atoms with E-state index < -0.39 is 0 Å². The number of aryl methyl sites for hydroxylation is 4. The van der Waals surface area contributed by atoms with Gasteiger partial charge in [-0.3, -0.25) is 0 Å². The van der Waals surface area contributed by atoms with Crippen molar-refractivity contribution in [3.63, 3.8) is 0 Å². The van der Waals surface area contributed by atoms with E-state index in [9.17, 15) is 0 Å². The number of hydrogen-bond donors (Lipinski definition) is 0. The predicted octanol–water partition coefficient (Wildman–Crippen LogP) is 5.57. The quantitative estimate of drug-likeness (QED) is 0.411. The number of benzene rings is 2. The van der Waals surface area contributed by atoms with Crippen LogP contribution in [-0.2, 0) is 0 Å².